The van der Waals surface area contributed by atoms with Gasteiger partial charge in [-0.1, -0.05) is 42.5 Å². The Kier molecular flexibility index (Phi) is 4.41. The molecule has 0 saturated carbocycles. The molecule has 0 aliphatic carbocycles. The predicted octanol–water partition coefficient (Wildman–Crippen LogP) is 4.42. The van der Waals surface area contributed by atoms with Crippen LogP contribution in [0.4, 0.5) is 11.4 Å². The molecule has 0 bridgehead atoms. The number of rotatable bonds is 4. The first-order valence-electron chi connectivity index (χ1n) is 8.66. The zero-order chi connectivity index (χ0) is 18.9. The minimum atomic E-state index is -3.62. The van der Waals surface area contributed by atoms with Crippen LogP contribution >= 0.6 is 0 Å². The van der Waals surface area contributed by atoms with Crippen LogP contribution in [-0.4, -0.2) is 14.3 Å². The highest BCUT2D eigenvalue weighted by molar-refractivity contribution is 7.90. The van der Waals surface area contributed by atoms with Crippen molar-refractivity contribution in [3.8, 4) is 0 Å². The molecule has 1 atom stereocenters. The third-order valence-corrected chi connectivity index (χ3v) is 5.80. The fourth-order valence-electron chi connectivity index (χ4n) is 3.06. The first kappa shape index (κ1) is 17.3. The predicted molar refractivity (Wildman–Crippen MR) is 109 cm³/mol. The molecular formula is C21H19N3O2S. The molecule has 2 N–H and O–H groups in total. The van der Waals surface area contributed by atoms with Gasteiger partial charge in [-0.05, 0) is 48.9 Å². The van der Waals surface area contributed by atoms with Gasteiger partial charge in [-0.3, -0.25) is 0 Å². The number of nitrogens with zero attached hydrogens (tertiary/aromatic N) is 1. The molecule has 0 unspecified atom stereocenters. The highest BCUT2D eigenvalue weighted by atomic mass is 32.2. The molecule has 1 aliphatic rings. The minimum absolute atomic E-state index is 0.182. The van der Waals surface area contributed by atoms with Crippen LogP contribution in [0.15, 0.2) is 88.2 Å². The molecule has 0 fully saturated rings. The number of benzene rings is 3. The van der Waals surface area contributed by atoms with Gasteiger partial charge < -0.3 is 10.6 Å². The number of hydrogen-bond donors (Lipinski definition) is 2. The molecule has 4 rings (SSSR count). The minimum Gasteiger partial charge on any atom is -0.379 e. The van der Waals surface area contributed by atoms with Gasteiger partial charge in [0.05, 0.1) is 0 Å². The van der Waals surface area contributed by atoms with Gasteiger partial charge >= 0.3 is 0 Å². The maximum absolute atomic E-state index is 12.1. The van der Waals surface area contributed by atoms with Gasteiger partial charge in [0.1, 0.15) is 4.90 Å². The van der Waals surface area contributed by atoms with Crippen molar-refractivity contribution in [2.45, 2.75) is 17.9 Å². The third-order valence-electron chi connectivity index (χ3n) is 4.46. The Labute approximate surface area is 158 Å². The summed E-state index contributed by atoms with van der Waals surface area (Å²) in [7, 11) is -3.62. The SMILES string of the molecule is C[C@@H](Nc1ccc(NC2=NS(=O)(=O)c3ccccc32)cc1)c1ccccc1. The quantitative estimate of drug-likeness (QED) is 0.706. The summed E-state index contributed by atoms with van der Waals surface area (Å²) < 4.78 is 28.1. The lowest BCUT2D eigenvalue weighted by atomic mass is 10.1. The number of sulfonamides is 1. The van der Waals surface area contributed by atoms with Crippen molar-refractivity contribution in [3.63, 3.8) is 0 Å². The Hall–Kier alpha value is -3.12. The van der Waals surface area contributed by atoms with Crippen molar-refractivity contribution in [2.24, 2.45) is 4.40 Å². The fourth-order valence-corrected chi connectivity index (χ4v) is 4.23. The van der Waals surface area contributed by atoms with Crippen LogP contribution < -0.4 is 10.6 Å². The Morgan fingerprint density at radius 3 is 2.19 bits per heavy atom. The first-order chi connectivity index (χ1) is 13.0. The first-order valence-corrected chi connectivity index (χ1v) is 10.1. The normalized spacial score (nSPS) is 15.5. The summed E-state index contributed by atoms with van der Waals surface area (Å²) in [6, 6.07) is 24.9. The number of nitrogens with one attached hydrogen (secondary N) is 2. The van der Waals surface area contributed by atoms with Gasteiger partial charge in [-0.2, -0.15) is 8.42 Å². The largest absolute Gasteiger partial charge is 0.379 e. The molecule has 1 aliphatic heterocycles. The second-order valence-electron chi connectivity index (χ2n) is 6.39. The Morgan fingerprint density at radius 2 is 1.44 bits per heavy atom. The molecule has 3 aromatic rings. The Morgan fingerprint density at radius 1 is 0.815 bits per heavy atom. The maximum Gasteiger partial charge on any atom is 0.285 e. The Bertz CT molecular complexity index is 1090. The van der Waals surface area contributed by atoms with Crippen LogP contribution in [0.25, 0.3) is 0 Å². The molecule has 5 nitrogen and oxygen atoms in total. The average Bonchev–Trinajstić information content (AvgIpc) is 2.94. The third kappa shape index (κ3) is 3.57. The van der Waals surface area contributed by atoms with E-state index >= 15 is 0 Å². The fraction of sp³-hybridized carbons (Fsp3) is 0.0952. The second kappa shape index (κ2) is 6.89. The zero-order valence-corrected chi connectivity index (χ0v) is 15.6. The van der Waals surface area contributed by atoms with Crippen molar-refractivity contribution >= 4 is 27.2 Å². The van der Waals surface area contributed by atoms with E-state index in [0.29, 0.717) is 11.4 Å². The lowest BCUT2D eigenvalue weighted by molar-refractivity contribution is 0.599. The van der Waals surface area contributed by atoms with Crippen LogP contribution in [0.1, 0.15) is 24.1 Å². The molecular weight excluding hydrogens is 358 g/mol. The number of anilines is 2. The van der Waals surface area contributed by atoms with Gasteiger partial charge in [0.15, 0.2) is 5.84 Å². The van der Waals surface area contributed by atoms with E-state index in [4.69, 9.17) is 0 Å². The highest BCUT2D eigenvalue weighted by Gasteiger charge is 2.28. The topological polar surface area (TPSA) is 70.6 Å². The molecule has 0 amide bonds. The van der Waals surface area contributed by atoms with E-state index in [2.05, 4.69) is 34.1 Å². The van der Waals surface area contributed by atoms with Gasteiger partial charge in [0, 0.05) is 23.0 Å². The van der Waals surface area contributed by atoms with Gasteiger partial charge in [-0.25, -0.2) is 0 Å². The molecule has 1 heterocycles. The summed E-state index contributed by atoms with van der Waals surface area (Å²) in [6.07, 6.45) is 0. The van der Waals surface area contributed by atoms with E-state index in [9.17, 15) is 8.42 Å². The van der Waals surface area contributed by atoms with Crippen molar-refractivity contribution in [1.29, 1.82) is 0 Å². The van der Waals surface area contributed by atoms with Crippen LogP contribution in [0.2, 0.25) is 0 Å². The summed E-state index contributed by atoms with van der Waals surface area (Å²) >= 11 is 0. The number of amidine groups is 1. The van der Waals surface area contributed by atoms with Gasteiger partial charge in [-0.15, -0.1) is 4.40 Å². The van der Waals surface area contributed by atoms with Crippen molar-refractivity contribution in [2.75, 3.05) is 10.6 Å². The molecule has 6 heteroatoms. The van der Waals surface area contributed by atoms with E-state index in [1.165, 1.54) is 5.56 Å². The highest BCUT2D eigenvalue weighted by Crippen LogP contribution is 2.27. The van der Waals surface area contributed by atoms with Crippen molar-refractivity contribution in [1.82, 2.24) is 0 Å². The molecule has 27 heavy (non-hydrogen) atoms. The molecule has 0 radical (unpaired) electrons. The summed E-state index contributed by atoms with van der Waals surface area (Å²) in [5.74, 6) is 0.351. The molecule has 136 valence electrons. The lowest BCUT2D eigenvalue weighted by Crippen LogP contribution is -2.11. The van der Waals surface area contributed by atoms with Gasteiger partial charge in [0.2, 0.25) is 0 Å². The average molecular weight is 377 g/mol. The monoisotopic (exact) mass is 377 g/mol. The van der Waals surface area contributed by atoms with Crippen molar-refractivity contribution < 1.29 is 8.42 Å². The molecule has 0 spiro atoms. The summed E-state index contributed by atoms with van der Waals surface area (Å²) in [4.78, 5) is 0.238. The molecule has 0 aromatic heterocycles. The van der Waals surface area contributed by atoms with Crippen molar-refractivity contribution in [3.05, 3.63) is 90.0 Å². The van der Waals surface area contributed by atoms with E-state index in [0.717, 1.165) is 11.4 Å². The van der Waals surface area contributed by atoms with E-state index in [1.807, 2.05) is 42.5 Å². The van der Waals surface area contributed by atoms with Crippen LogP contribution in [0.3, 0.4) is 0 Å². The van der Waals surface area contributed by atoms with E-state index < -0.39 is 10.0 Å². The van der Waals surface area contributed by atoms with Crippen LogP contribution in [-0.2, 0) is 10.0 Å². The smallest absolute Gasteiger partial charge is 0.285 e. The van der Waals surface area contributed by atoms with Crippen LogP contribution in [0, 0.1) is 0 Å². The second-order valence-corrected chi connectivity index (χ2v) is 7.96. The maximum atomic E-state index is 12.1. The molecule has 0 saturated heterocycles. The van der Waals surface area contributed by atoms with E-state index in [1.54, 1.807) is 24.3 Å². The number of fused-ring (bicyclic) bond motifs is 1. The number of hydrogen-bond acceptors (Lipinski definition) is 4. The van der Waals surface area contributed by atoms with Crippen LogP contribution in [0.5, 0.6) is 0 Å². The standard InChI is InChI=1S/C21H19N3O2S/c1-15(16-7-3-2-4-8-16)22-17-11-13-18(14-12-17)23-21-19-9-5-6-10-20(19)27(25,26)24-21/h2-15,22H,1H3,(H,23,24)/t15-/m1/s1. The summed E-state index contributed by atoms with van der Waals surface area (Å²) in [5.41, 5.74) is 3.57. The Balaban J connectivity index is 1.49. The summed E-state index contributed by atoms with van der Waals surface area (Å²) in [5, 5.41) is 6.56. The van der Waals surface area contributed by atoms with E-state index in [-0.39, 0.29) is 10.9 Å². The van der Waals surface area contributed by atoms with Gasteiger partial charge in [0.25, 0.3) is 10.0 Å². The zero-order valence-electron chi connectivity index (χ0n) is 14.8. The lowest BCUT2D eigenvalue weighted by Gasteiger charge is -2.16. The molecule has 3 aromatic carbocycles. The summed E-state index contributed by atoms with van der Waals surface area (Å²) in [6.45, 7) is 2.11.